The van der Waals surface area contributed by atoms with Gasteiger partial charge in [-0.05, 0) is 93.5 Å². The third-order valence-corrected chi connectivity index (χ3v) is 12.8. The topological polar surface area (TPSA) is 372 Å². The number of carbonyl (C=O) groups excluding carboxylic acids is 8. The molecule has 0 saturated heterocycles. The van der Waals surface area contributed by atoms with Crippen molar-refractivity contribution in [3.63, 3.8) is 0 Å². The Labute approximate surface area is 446 Å². The van der Waals surface area contributed by atoms with Crippen molar-refractivity contribution in [3.05, 3.63) is 69.8 Å². The van der Waals surface area contributed by atoms with E-state index in [0.29, 0.717) is 22.3 Å². The van der Waals surface area contributed by atoms with E-state index in [1.807, 2.05) is 0 Å². The highest BCUT2D eigenvalue weighted by molar-refractivity contribution is 5.91. The zero-order valence-corrected chi connectivity index (χ0v) is 45.4. The Balaban J connectivity index is 2.90. The zero-order valence-electron chi connectivity index (χ0n) is 45.4. The van der Waals surface area contributed by atoms with Crippen LogP contribution in [0, 0.1) is 65.6 Å². The smallest absolute Gasteiger partial charge is 0.338 e. The number of hydrogen-bond donors (Lipinski definition) is 8. The van der Waals surface area contributed by atoms with Crippen molar-refractivity contribution >= 4 is 47.8 Å². The van der Waals surface area contributed by atoms with Crippen LogP contribution in [0.1, 0.15) is 84.5 Å². The number of hydrogen-bond acceptors (Lipinski definition) is 24. The molecule has 0 radical (unpaired) electrons. The molecule has 0 unspecified atom stereocenters. The number of benzene rings is 2. The van der Waals surface area contributed by atoms with Gasteiger partial charge in [0.05, 0.1) is 64.0 Å². The molecule has 0 heterocycles. The van der Waals surface area contributed by atoms with Crippen LogP contribution in [-0.4, -0.2) is 194 Å². The van der Waals surface area contributed by atoms with Gasteiger partial charge < -0.3 is 78.7 Å². The third kappa shape index (κ3) is 18.0. The van der Waals surface area contributed by atoms with Crippen LogP contribution in [0.5, 0.6) is 0 Å². The first-order chi connectivity index (χ1) is 35.8. The molecule has 0 saturated carbocycles. The standard InChI is InChI=1S/C53H76O24/c1-33-11-34(2)14-37(13-33)39(62)70-29-53(30-71-40(63)38-15-35(3)12-36(4)16-38,31-76-45(68)51(9,25-72-41(64)47(5,17-54)18-55)26-73-42(65)48(6,19-56)20-57)32-77-46(69)52(10,27-74-43(66)49(7,21-58)22-59)28-75-44(67)50(8,23-60)24-61/h11-16,54-61H,17-32H2,1-10H3. The van der Waals surface area contributed by atoms with Gasteiger partial charge >= 0.3 is 47.8 Å². The van der Waals surface area contributed by atoms with E-state index in [1.54, 1.807) is 39.8 Å². The number of aliphatic hydroxyl groups excluding tert-OH is 8. The minimum absolute atomic E-state index is 0.0380. The Bertz CT molecular complexity index is 2100. The molecule has 0 spiro atoms. The molecule has 0 amide bonds. The molecule has 8 N–H and O–H groups in total. The number of aryl methyl sites for hydroxylation is 4. The van der Waals surface area contributed by atoms with Crippen molar-refractivity contribution in [2.75, 3.05) is 106 Å². The van der Waals surface area contributed by atoms with Crippen molar-refractivity contribution in [2.24, 2.45) is 37.9 Å². The highest BCUT2D eigenvalue weighted by Gasteiger charge is 2.48. The first-order valence-electron chi connectivity index (χ1n) is 24.2. The fraction of sp³-hybridized carbons (Fsp3) is 0.623. The maximum atomic E-state index is 14.5. The molecule has 0 atom stereocenters. The van der Waals surface area contributed by atoms with E-state index in [2.05, 4.69) is 0 Å². The summed E-state index contributed by atoms with van der Waals surface area (Å²) in [5, 5.41) is 78.9. The molecule has 2 aromatic rings. The Morgan fingerprint density at radius 1 is 0.299 bits per heavy atom. The molecule has 2 aromatic carbocycles. The lowest BCUT2D eigenvalue weighted by Crippen LogP contribution is -2.49. The van der Waals surface area contributed by atoms with E-state index in [0.717, 1.165) is 41.5 Å². The molecular weight excluding hydrogens is 1020 g/mol. The second kappa shape index (κ2) is 28.5. The van der Waals surface area contributed by atoms with Gasteiger partial charge in [0.15, 0.2) is 0 Å². The van der Waals surface area contributed by atoms with Gasteiger partial charge in [0.1, 0.15) is 90.8 Å². The van der Waals surface area contributed by atoms with Crippen LogP contribution < -0.4 is 0 Å². The van der Waals surface area contributed by atoms with Crippen molar-refractivity contribution < 1.29 is 117 Å². The maximum Gasteiger partial charge on any atom is 0.338 e. The highest BCUT2D eigenvalue weighted by Crippen LogP contribution is 2.32. The maximum absolute atomic E-state index is 14.5. The van der Waals surface area contributed by atoms with Crippen molar-refractivity contribution in [3.8, 4) is 0 Å². The summed E-state index contributed by atoms with van der Waals surface area (Å²) in [6.45, 7) is -1.48. The van der Waals surface area contributed by atoms with E-state index >= 15 is 0 Å². The first-order valence-corrected chi connectivity index (χ1v) is 24.2. The van der Waals surface area contributed by atoms with Crippen LogP contribution in [0.15, 0.2) is 36.4 Å². The van der Waals surface area contributed by atoms with E-state index in [1.165, 1.54) is 24.3 Å². The predicted molar refractivity (Wildman–Crippen MR) is 266 cm³/mol. The predicted octanol–water partition coefficient (Wildman–Crippen LogP) is 0.156. The van der Waals surface area contributed by atoms with Gasteiger partial charge in [-0.15, -0.1) is 0 Å². The van der Waals surface area contributed by atoms with Gasteiger partial charge in [-0.3, -0.25) is 28.8 Å². The van der Waals surface area contributed by atoms with E-state index < -0.39 is 191 Å². The first kappa shape index (κ1) is 67.0. The molecule has 24 heteroatoms. The van der Waals surface area contributed by atoms with Gasteiger partial charge in [0.2, 0.25) is 0 Å². The minimum atomic E-state index is -2.24. The van der Waals surface area contributed by atoms with E-state index in [4.69, 9.17) is 37.9 Å². The Morgan fingerprint density at radius 3 is 0.688 bits per heavy atom. The summed E-state index contributed by atoms with van der Waals surface area (Å²) < 4.78 is 44.7. The molecule has 0 aliphatic rings. The van der Waals surface area contributed by atoms with Gasteiger partial charge in [0.25, 0.3) is 0 Å². The second-order valence-electron chi connectivity index (χ2n) is 21.5. The Hall–Kier alpha value is -6.12. The van der Waals surface area contributed by atoms with Gasteiger partial charge in [-0.2, -0.15) is 0 Å². The number of aliphatic hydroxyl groups is 8. The summed E-state index contributed by atoms with van der Waals surface area (Å²) >= 11 is 0. The quantitative estimate of drug-likeness (QED) is 0.0357. The number of ether oxygens (including phenoxy) is 8. The fourth-order valence-electron chi connectivity index (χ4n) is 6.46. The lowest BCUT2D eigenvalue weighted by atomic mass is 9.89. The van der Waals surface area contributed by atoms with Crippen molar-refractivity contribution in [1.29, 1.82) is 0 Å². The monoisotopic (exact) mass is 1100 g/mol. The van der Waals surface area contributed by atoms with Crippen LogP contribution in [0.3, 0.4) is 0 Å². The second-order valence-corrected chi connectivity index (χ2v) is 21.5. The SMILES string of the molecule is Cc1cc(C)cc(C(=O)OCC(COC(=O)c2cc(C)cc(C)c2)(COC(=O)C(C)(COC(=O)C(C)(CO)CO)COC(=O)C(C)(CO)CO)COC(=O)C(C)(COC(=O)C(C)(CO)CO)COC(=O)C(C)(CO)CO)c1. The minimum Gasteiger partial charge on any atom is -0.464 e. The summed E-state index contributed by atoms with van der Waals surface area (Å²) in [6.07, 6.45) is 0. The molecule has 0 fully saturated rings. The van der Waals surface area contributed by atoms with Gasteiger partial charge in [-0.1, -0.05) is 34.4 Å². The summed E-state index contributed by atoms with van der Waals surface area (Å²) in [6, 6.07) is 9.52. The summed E-state index contributed by atoms with van der Waals surface area (Å²) in [7, 11) is 0. The summed E-state index contributed by atoms with van der Waals surface area (Å²) in [4.78, 5) is 109. The Morgan fingerprint density at radius 2 is 0.481 bits per heavy atom. The average molecular weight is 1100 g/mol. The lowest BCUT2D eigenvalue weighted by molar-refractivity contribution is -0.184. The van der Waals surface area contributed by atoms with Crippen LogP contribution >= 0.6 is 0 Å². The number of rotatable bonds is 32. The third-order valence-electron chi connectivity index (χ3n) is 12.8. The average Bonchev–Trinajstić information content (AvgIpc) is 3.41. The Kier molecular flexibility index (Phi) is 24.8. The molecule has 432 valence electrons. The molecular formula is C53H76O24. The van der Waals surface area contributed by atoms with Crippen LogP contribution in [0.4, 0.5) is 0 Å². The molecule has 24 nitrogen and oxygen atoms in total. The van der Waals surface area contributed by atoms with E-state index in [9.17, 15) is 79.2 Å². The van der Waals surface area contributed by atoms with Crippen LogP contribution in [-0.2, 0) is 66.7 Å². The fourth-order valence-corrected chi connectivity index (χ4v) is 6.46. The van der Waals surface area contributed by atoms with Crippen molar-refractivity contribution in [1.82, 2.24) is 0 Å². The van der Waals surface area contributed by atoms with Gasteiger partial charge in [0, 0.05) is 0 Å². The lowest BCUT2D eigenvalue weighted by Gasteiger charge is -2.35. The molecule has 2 rings (SSSR count). The molecule has 77 heavy (non-hydrogen) atoms. The largest absolute Gasteiger partial charge is 0.464 e. The molecule has 0 aliphatic heterocycles. The van der Waals surface area contributed by atoms with Crippen LogP contribution in [0.2, 0.25) is 0 Å². The molecule has 0 aliphatic carbocycles. The van der Waals surface area contributed by atoms with E-state index in [-0.39, 0.29) is 11.1 Å². The molecule has 0 aromatic heterocycles. The summed E-state index contributed by atoms with van der Waals surface area (Å²) in [5.41, 5.74) is -11.5. The van der Waals surface area contributed by atoms with Crippen molar-refractivity contribution in [2.45, 2.75) is 69.2 Å². The van der Waals surface area contributed by atoms with Crippen LogP contribution in [0.25, 0.3) is 0 Å². The van der Waals surface area contributed by atoms with Gasteiger partial charge in [-0.25, -0.2) is 9.59 Å². The normalized spacial score (nSPS) is 12.5. The zero-order chi connectivity index (χ0) is 58.8. The number of esters is 8. The summed E-state index contributed by atoms with van der Waals surface area (Å²) in [5.74, 6) is -9.49. The number of carbonyl (C=O) groups is 8. The highest BCUT2D eigenvalue weighted by atomic mass is 16.6. The molecule has 0 bridgehead atoms.